The predicted molar refractivity (Wildman–Crippen MR) is 153 cm³/mol. The van der Waals surface area contributed by atoms with Crippen molar-refractivity contribution in [2.75, 3.05) is 24.5 Å². The first kappa shape index (κ1) is 29.7. The number of rotatable bonds is 12. The number of amides is 2. The lowest BCUT2D eigenvalue weighted by Crippen LogP contribution is -2.53. The second-order valence-corrected chi connectivity index (χ2v) is 11.5. The molecule has 0 bridgehead atoms. The minimum absolute atomic E-state index is 0.0443. The molecule has 0 fully saturated rings. The molecule has 3 rings (SSSR count). The summed E-state index contributed by atoms with van der Waals surface area (Å²) in [5, 5.41) is 2.86. The number of nitrogens with one attached hydrogen (secondary N) is 1. The van der Waals surface area contributed by atoms with Gasteiger partial charge in [-0.1, -0.05) is 54.6 Å². The average molecular weight is 552 g/mol. The summed E-state index contributed by atoms with van der Waals surface area (Å²) < 4.78 is 34.4. The molecule has 3 aromatic rings. The van der Waals surface area contributed by atoms with E-state index >= 15 is 0 Å². The Hall–Kier alpha value is -3.85. The first-order chi connectivity index (χ1) is 18.5. The molecule has 208 valence electrons. The molecule has 0 aliphatic carbocycles. The molecule has 0 unspecified atom stereocenters. The number of carbonyl (C=O) groups is 2. The Morgan fingerprint density at radius 2 is 1.54 bits per heavy atom. The summed E-state index contributed by atoms with van der Waals surface area (Å²) in [5.41, 5.74) is 2.05. The zero-order valence-electron chi connectivity index (χ0n) is 23.1. The van der Waals surface area contributed by atoms with Crippen LogP contribution in [0.25, 0.3) is 0 Å². The van der Waals surface area contributed by atoms with Crippen molar-refractivity contribution in [1.82, 2.24) is 10.2 Å². The Balaban J connectivity index is 2.03. The van der Waals surface area contributed by atoms with E-state index in [1.165, 1.54) is 24.1 Å². The lowest BCUT2D eigenvalue weighted by molar-refractivity contribution is -0.139. The Kier molecular flexibility index (Phi) is 10.1. The molecule has 39 heavy (non-hydrogen) atoms. The number of sulfonamides is 1. The smallest absolute Gasteiger partial charge is 0.264 e. The Bertz CT molecular complexity index is 1360. The van der Waals surface area contributed by atoms with Crippen LogP contribution >= 0.6 is 0 Å². The third-order valence-corrected chi connectivity index (χ3v) is 8.07. The minimum Gasteiger partial charge on any atom is -0.495 e. The van der Waals surface area contributed by atoms with Crippen LogP contribution in [0, 0.1) is 6.92 Å². The topological polar surface area (TPSA) is 96.0 Å². The van der Waals surface area contributed by atoms with Crippen molar-refractivity contribution in [2.45, 2.75) is 51.1 Å². The summed E-state index contributed by atoms with van der Waals surface area (Å²) in [6, 6.07) is 21.8. The molecule has 1 N–H and O–H groups in total. The number of nitrogens with zero attached hydrogens (tertiary/aromatic N) is 2. The highest BCUT2D eigenvalue weighted by atomic mass is 32.2. The number of aryl methyl sites for hydroxylation is 1. The summed E-state index contributed by atoms with van der Waals surface area (Å²) in [7, 11) is -2.71. The third-order valence-electron chi connectivity index (χ3n) is 6.30. The van der Waals surface area contributed by atoms with Gasteiger partial charge < -0.3 is 15.0 Å². The van der Waals surface area contributed by atoms with Crippen LogP contribution in [0.1, 0.15) is 31.9 Å². The van der Waals surface area contributed by atoms with Crippen LogP contribution in [0.5, 0.6) is 5.75 Å². The molecule has 0 aromatic heterocycles. The van der Waals surface area contributed by atoms with E-state index in [1.54, 1.807) is 37.3 Å². The van der Waals surface area contributed by atoms with Gasteiger partial charge in [0, 0.05) is 12.6 Å². The number of ether oxygens (including phenoxy) is 1. The number of hydrogen-bond acceptors (Lipinski definition) is 5. The Labute approximate surface area is 231 Å². The molecule has 3 aromatic carbocycles. The van der Waals surface area contributed by atoms with Gasteiger partial charge in [0.2, 0.25) is 11.8 Å². The van der Waals surface area contributed by atoms with Gasteiger partial charge >= 0.3 is 0 Å². The van der Waals surface area contributed by atoms with Gasteiger partial charge in [-0.3, -0.25) is 13.9 Å². The van der Waals surface area contributed by atoms with Crippen molar-refractivity contribution in [2.24, 2.45) is 0 Å². The number of anilines is 1. The summed E-state index contributed by atoms with van der Waals surface area (Å²) in [6.45, 7) is 6.91. The lowest BCUT2D eigenvalue weighted by Gasteiger charge is -2.32. The van der Waals surface area contributed by atoms with Crippen molar-refractivity contribution in [3.63, 3.8) is 0 Å². The molecular formula is C30H37N3O5S. The maximum atomic E-state index is 13.9. The molecule has 0 heterocycles. The third kappa shape index (κ3) is 7.60. The summed E-state index contributed by atoms with van der Waals surface area (Å²) in [6.07, 6.45) is 0.505. The molecule has 0 spiro atoms. The monoisotopic (exact) mass is 551 g/mol. The van der Waals surface area contributed by atoms with Crippen molar-refractivity contribution >= 4 is 27.5 Å². The van der Waals surface area contributed by atoms with Gasteiger partial charge in [-0.15, -0.1) is 0 Å². The van der Waals surface area contributed by atoms with E-state index in [2.05, 4.69) is 5.32 Å². The van der Waals surface area contributed by atoms with Gasteiger partial charge in [-0.25, -0.2) is 8.42 Å². The summed E-state index contributed by atoms with van der Waals surface area (Å²) in [5.74, 6) is -0.494. The molecule has 9 heteroatoms. The second-order valence-electron chi connectivity index (χ2n) is 9.66. The highest BCUT2D eigenvalue weighted by Crippen LogP contribution is 2.33. The Morgan fingerprint density at radius 1 is 0.923 bits per heavy atom. The maximum Gasteiger partial charge on any atom is 0.264 e. The molecule has 0 aliphatic rings. The SMILES string of the molecule is COc1ccc(C)cc1N(CC(=O)N(CCc1ccccc1)[C@@H](C)C(=O)NC(C)C)S(=O)(=O)c1ccccc1. The van der Waals surface area contributed by atoms with Crippen molar-refractivity contribution < 1.29 is 22.7 Å². The van der Waals surface area contributed by atoms with Gasteiger partial charge in [-0.2, -0.15) is 0 Å². The van der Waals surface area contributed by atoms with E-state index in [0.717, 1.165) is 15.4 Å². The van der Waals surface area contributed by atoms with Crippen molar-refractivity contribution in [3.8, 4) is 5.75 Å². The van der Waals surface area contributed by atoms with Crippen LogP contribution in [0.3, 0.4) is 0 Å². The molecule has 0 aliphatic heterocycles. The number of hydrogen-bond donors (Lipinski definition) is 1. The summed E-state index contributed by atoms with van der Waals surface area (Å²) >= 11 is 0. The van der Waals surface area contributed by atoms with Crippen LogP contribution in [-0.4, -0.2) is 57.4 Å². The predicted octanol–water partition coefficient (Wildman–Crippen LogP) is 4.18. The van der Waals surface area contributed by atoms with Gasteiger partial charge in [0.05, 0.1) is 17.7 Å². The van der Waals surface area contributed by atoms with Gasteiger partial charge in [-0.05, 0) is 69.5 Å². The summed E-state index contributed by atoms with van der Waals surface area (Å²) in [4.78, 5) is 28.4. The number of methoxy groups -OCH3 is 1. The largest absolute Gasteiger partial charge is 0.495 e. The average Bonchev–Trinajstić information content (AvgIpc) is 2.92. The van der Waals surface area contributed by atoms with Crippen LogP contribution < -0.4 is 14.4 Å². The first-order valence-corrected chi connectivity index (χ1v) is 14.3. The van der Waals surface area contributed by atoms with Gasteiger partial charge in [0.1, 0.15) is 18.3 Å². The van der Waals surface area contributed by atoms with Crippen LogP contribution in [0.15, 0.2) is 83.8 Å². The molecular weight excluding hydrogens is 514 g/mol. The zero-order chi connectivity index (χ0) is 28.6. The lowest BCUT2D eigenvalue weighted by atomic mass is 10.1. The van der Waals surface area contributed by atoms with Crippen molar-refractivity contribution in [1.29, 1.82) is 0 Å². The normalized spacial score (nSPS) is 12.1. The molecule has 1 atom stereocenters. The van der Waals surface area contributed by atoms with Crippen LogP contribution in [0.4, 0.5) is 5.69 Å². The number of benzene rings is 3. The molecule has 0 saturated heterocycles. The van der Waals surface area contributed by atoms with E-state index in [0.29, 0.717) is 12.2 Å². The quantitative estimate of drug-likeness (QED) is 0.364. The standard InChI is InChI=1S/C30H37N3O5S/c1-22(2)31-30(35)24(4)32(19-18-25-12-8-6-9-13-25)29(34)21-33(27-20-23(3)16-17-28(27)38-5)39(36,37)26-14-10-7-11-15-26/h6-17,20,22,24H,18-19,21H2,1-5H3,(H,31,35)/t24-/m0/s1. The fraction of sp³-hybridized carbons (Fsp3) is 0.333. The highest BCUT2D eigenvalue weighted by Gasteiger charge is 2.33. The highest BCUT2D eigenvalue weighted by molar-refractivity contribution is 7.92. The molecule has 0 radical (unpaired) electrons. The molecule has 8 nitrogen and oxygen atoms in total. The van der Waals surface area contributed by atoms with E-state index in [9.17, 15) is 18.0 Å². The van der Waals surface area contributed by atoms with Gasteiger partial charge in [0.25, 0.3) is 10.0 Å². The van der Waals surface area contributed by atoms with Gasteiger partial charge in [0.15, 0.2) is 0 Å². The number of carbonyl (C=O) groups excluding carboxylic acids is 2. The molecule has 2 amide bonds. The fourth-order valence-electron chi connectivity index (χ4n) is 4.20. The van der Waals surface area contributed by atoms with E-state index in [1.807, 2.05) is 57.2 Å². The van der Waals surface area contributed by atoms with Crippen LogP contribution in [-0.2, 0) is 26.0 Å². The van der Waals surface area contributed by atoms with Crippen molar-refractivity contribution in [3.05, 3.63) is 90.0 Å². The maximum absolute atomic E-state index is 13.9. The molecule has 0 saturated carbocycles. The van der Waals surface area contributed by atoms with E-state index < -0.39 is 28.5 Å². The van der Waals surface area contributed by atoms with E-state index in [-0.39, 0.29) is 29.1 Å². The van der Waals surface area contributed by atoms with Crippen LogP contribution in [0.2, 0.25) is 0 Å². The first-order valence-electron chi connectivity index (χ1n) is 12.9. The zero-order valence-corrected chi connectivity index (χ0v) is 23.9. The van der Waals surface area contributed by atoms with E-state index in [4.69, 9.17) is 4.74 Å². The fourth-order valence-corrected chi connectivity index (χ4v) is 5.64. The Morgan fingerprint density at radius 3 is 2.13 bits per heavy atom. The minimum atomic E-state index is -4.16. The second kappa shape index (κ2) is 13.3.